The van der Waals surface area contributed by atoms with E-state index in [1.54, 1.807) is 0 Å². The molecule has 1 heterocycles. The van der Waals surface area contributed by atoms with Crippen molar-refractivity contribution in [3.05, 3.63) is 29.8 Å². The number of rotatable bonds is 7. The number of sulfonamides is 1. The number of benzene rings is 1. The van der Waals surface area contributed by atoms with Crippen molar-refractivity contribution >= 4 is 10.0 Å². The van der Waals surface area contributed by atoms with Crippen LogP contribution in [0.4, 0.5) is 0 Å². The van der Waals surface area contributed by atoms with Crippen molar-refractivity contribution < 1.29 is 17.9 Å². The quantitative estimate of drug-likeness (QED) is 0.756. The topological polar surface area (TPSA) is 76.7 Å². The first-order chi connectivity index (χ1) is 10.1. The van der Waals surface area contributed by atoms with Gasteiger partial charge in [0.2, 0.25) is 10.0 Å². The lowest BCUT2D eigenvalue weighted by Gasteiger charge is -2.23. The molecular weight excluding hydrogens is 292 g/mol. The predicted molar refractivity (Wildman–Crippen MR) is 81.1 cm³/mol. The lowest BCUT2D eigenvalue weighted by Crippen LogP contribution is -2.45. The second kappa shape index (κ2) is 7.74. The molecule has 6 nitrogen and oxygen atoms in total. The molecule has 118 valence electrons. The largest absolute Gasteiger partial charge is 0.492 e. The number of hydrogen-bond acceptors (Lipinski definition) is 5. The van der Waals surface area contributed by atoms with Crippen LogP contribution in [0.5, 0.6) is 5.75 Å². The van der Waals surface area contributed by atoms with Gasteiger partial charge in [0.05, 0.1) is 18.5 Å². The van der Waals surface area contributed by atoms with E-state index in [0.717, 1.165) is 12.1 Å². The lowest BCUT2D eigenvalue weighted by atomic mass is 10.2. The SMILES string of the molecule is Cc1ccc(OCCS(=O)(=O)NC[C@@H]2CNCCO2)cc1. The van der Waals surface area contributed by atoms with Gasteiger partial charge >= 0.3 is 0 Å². The van der Waals surface area contributed by atoms with Crippen LogP contribution in [0.3, 0.4) is 0 Å². The average molecular weight is 314 g/mol. The van der Waals surface area contributed by atoms with Crippen molar-refractivity contribution in [3.8, 4) is 5.75 Å². The summed E-state index contributed by atoms with van der Waals surface area (Å²) in [5.41, 5.74) is 1.14. The van der Waals surface area contributed by atoms with Crippen molar-refractivity contribution in [1.29, 1.82) is 0 Å². The molecule has 1 atom stereocenters. The molecule has 1 aromatic rings. The molecule has 1 aliphatic rings. The molecule has 1 aromatic carbocycles. The highest BCUT2D eigenvalue weighted by atomic mass is 32.2. The van der Waals surface area contributed by atoms with E-state index in [0.29, 0.717) is 25.4 Å². The summed E-state index contributed by atoms with van der Waals surface area (Å²) in [4.78, 5) is 0. The summed E-state index contributed by atoms with van der Waals surface area (Å²) in [5, 5.41) is 3.16. The van der Waals surface area contributed by atoms with Crippen LogP contribution in [0.15, 0.2) is 24.3 Å². The Kier molecular flexibility index (Phi) is 5.98. The van der Waals surface area contributed by atoms with Crippen molar-refractivity contribution in [3.63, 3.8) is 0 Å². The maximum Gasteiger partial charge on any atom is 0.215 e. The van der Waals surface area contributed by atoms with Gasteiger partial charge in [-0.25, -0.2) is 13.1 Å². The molecule has 7 heteroatoms. The number of ether oxygens (including phenoxy) is 2. The Balaban J connectivity index is 1.69. The summed E-state index contributed by atoms with van der Waals surface area (Å²) < 4.78 is 37.1. The fourth-order valence-electron chi connectivity index (χ4n) is 1.95. The number of hydrogen-bond donors (Lipinski definition) is 2. The molecule has 0 radical (unpaired) electrons. The summed E-state index contributed by atoms with van der Waals surface area (Å²) in [6, 6.07) is 7.51. The van der Waals surface area contributed by atoms with Gasteiger partial charge in [-0.1, -0.05) is 17.7 Å². The van der Waals surface area contributed by atoms with Crippen LogP contribution < -0.4 is 14.8 Å². The standard InChI is InChI=1S/C14H22N2O4S/c1-12-2-4-13(5-3-12)20-8-9-21(17,18)16-11-14-10-15-6-7-19-14/h2-5,14-16H,6-11H2,1H3/t14-/m0/s1. The first kappa shape index (κ1) is 16.2. The molecule has 0 saturated carbocycles. The third kappa shape index (κ3) is 6.01. The molecule has 0 bridgehead atoms. The Bertz CT molecular complexity index is 524. The van der Waals surface area contributed by atoms with Crippen LogP contribution >= 0.6 is 0 Å². The van der Waals surface area contributed by atoms with Gasteiger partial charge in [-0.3, -0.25) is 0 Å². The Hall–Kier alpha value is -1.15. The minimum Gasteiger partial charge on any atom is -0.492 e. The highest BCUT2D eigenvalue weighted by Gasteiger charge is 2.17. The molecule has 2 rings (SSSR count). The van der Waals surface area contributed by atoms with E-state index in [9.17, 15) is 8.42 Å². The highest BCUT2D eigenvalue weighted by molar-refractivity contribution is 7.89. The smallest absolute Gasteiger partial charge is 0.215 e. The zero-order valence-corrected chi connectivity index (χ0v) is 13.0. The van der Waals surface area contributed by atoms with Gasteiger partial charge in [0.25, 0.3) is 0 Å². The van der Waals surface area contributed by atoms with Gasteiger partial charge < -0.3 is 14.8 Å². The number of morpholine rings is 1. The number of aryl methyl sites for hydroxylation is 1. The molecule has 0 amide bonds. The Morgan fingerprint density at radius 2 is 2.14 bits per heavy atom. The maximum absolute atomic E-state index is 11.9. The van der Waals surface area contributed by atoms with Gasteiger partial charge in [-0.05, 0) is 19.1 Å². The van der Waals surface area contributed by atoms with Gasteiger partial charge in [0, 0.05) is 19.6 Å². The Morgan fingerprint density at radius 3 is 2.81 bits per heavy atom. The van der Waals surface area contributed by atoms with E-state index in [1.165, 1.54) is 0 Å². The van der Waals surface area contributed by atoms with Crippen LogP contribution in [0.1, 0.15) is 5.56 Å². The zero-order valence-electron chi connectivity index (χ0n) is 12.2. The fraction of sp³-hybridized carbons (Fsp3) is 0.571. The molecule has 21 heavy (non-hydrogen) atoms. The van der Waals surface area contributed by atoms with Crippen molar-refractivity contribution in [2.75, 3.05) is 38.6 Å². The minimum absolute atomic E-state index is 0.0684. The Morgan fingerprint density at radius 1 is 1.38 bits per heavy atom. The first-order valence-corrected chi connectivity index (χ1v) is 8.69. The van der Waals surface area contributed by atoms with Gasteiger partial charge in [0.15, 0.2) is 0 Å². The van der Waals surface area contributed by atoms with E-state index in [4.69, 9.17) is 9.47 Å². The Labute approximate surface area is 125 Å². The monoisotopic (exact) mass is 314 g/mol. The van der Waals surface area contributed by atoms with Crippen LogP contribution in [0.25, 0.3) is 0 Å². The second-order valence-corrected chi connectivity index (χ2v) is 6.95. The van der Waals surface area contributed by atoms with Crippen molar-refractivity contribution in [2.24, 2.45) is 0 Å². The number of nitrogens with one attached hydrogen (secondary N) is 2. The second-order valence-electron chi connectivity index (χ2n) is 5.03. The molecule has 0 aliphatic carbocycles. The van der Waals surface area contributed by atoms with E-state index >= 15 is 0 Å². The predicted octanol–water partition coefficient (Wildman–Crippen LogP) is 0.282. The van der Waals surface area contributed by atoms with Crippen molar-refractivity contribution in [1.82, 2.24) is 10.0 Å². The van der Waals surface area contributed by atoms with Crippen LogP contribution in [0.2, 0.25) is 0 Å². The third-order valence-electron chi connectivity index (χ3n) is 3.18. The van der Waals surface area contributed by atoms with Gasteiger partial charge in [-0.15, -0.1) is 0 Å². The molecule has 1 fully saturated rings. The summed E-state index contributed by atoms with van der Waals surface area (Å²) in [6.45, 7) is 4.50. The third-order valence-corrected chi connectivity index (χ3v) is 4.49. The van der Waals surface area contributed by atoms with E-state index in [-0.39, 0.29) is 18.5 Å². The van der Waals surface area contributed by atoms with E-state index in [2.05, 4.69) is 10.0 Å². The summed E-state index contributed by atoms with van der Waals surface area (Å²) in [7, 11) is -3.34. The van der Waals surface area contributed by atoms with Crippen LogP contribution in [-0.2, 0) is 14.8 Å². The molecular formula is C14H22N2O4S. The summed E-state index contributed by atoms with van der Waals surface area (Å²) >= 11 is 0. The summed E-state index contributed by atoms with van der Waals surface area (Å²) in [5.74, 6) is 0.608. The molecule has 2 N–H and O–H groups in total. The average Bonchev–Trinajstić information content (AvgIpc) is 2.48. The van der Waals surface area contributed by atoms with Crippen molar-refractivity contribution in [2.45, 2.75) is 13.0 Å². The molecule has 1 saturated heterocycles. The first-order valence-electron chi connectivity index (χ1n) is 7.04. The van der Waals surface area contributed by atoms with Gasteiger partial charge in [-0.2, -0.15) is 0 Å². The fourth-order valence-corrected chi connectivity index (χ4v) is 2.83. The van der Waals surface area contributed by atoms with Crippen LogP contribution in [0, 0.1) is 6.92 Å². The summed E-state index contributed by atoms with van der Waals surface area (Å²) in [6.07, 6.45) is -0.105. The van der Waals surface area contributed by atoms with Gasteiger partial charge in [0.1, 0.15) is 12.4 Å². The molecule has 0 unspecified atom stereocenters. The minimum atomic E-state index is -3.34. The lowest BCUT2D eigenvalue weighted by molar-refractivity contribution is 0.0324. The van der Waals surface area contributed by atoms with Crippen LogP contribution in [-0.4, -0.2) is 53.1 Å². The highest BCUT2D eigenvalue weighted by Crippen LogP contribution is 2.11. The van der Waals surface area contributed by atoms with E-state index < -0.39 is 10.0 Å². The molecule has 0 spiro atoms. The molecule has 0 aromatic heterocycles. The zero-order chi connectivity index (χ0) is 15.1. The molecule has 1 aliphatic heterocycles. The maximum atomic E-state index is 11.9. The van der Waals surface area contributed by atoms with E-state index in [1.807, 2.05) is 31.2 Å². The normalized spacial score (nSPS) is 19.4.